The number of furan rings is 1. The molecule has 0 fully saturated rings. The van der Waals surface area contributed by atoms with Crippen LogP contribution >= 0.6 is 46.6 Å². The largest absolute Gasteiger partial charge is 0.460 e. The Bertz CT molecular complexity index is 759. The molecule has 0 unspecified atom stereocenters. The zero-order chi connectivity index (χ0) is 16.1. The molecule has 0 amide bonds. The van der Waals surface area contributed by atoms with E-state index in [1.54, 1.807) is 6.20 Å². The lowest BCUT2D eigenvalue weighted by Gasteiger charge is -2.04. The summed E-state index contributed by atoms with van der Waals surface area (Å²) in [4.78, 5) is 4.03. The lowest BCUT2D eigenvalue weighted by Crippen LogP contribution is -2.15. The van der Waals surface area contributed by atoms with Gasteiger partial charge in [0.15, 0.2) is 0 Å². The smallest absolute Gasteiger partial charge is 0.135 e. The van der Waals surface area contributed by atoms with Crippen molar-refractivity contribution in [1.82, 2.24) is 14.9 Å². The number of rotatable bonds is 7. The van der Waals surface area contributed by atoms with Crippen molar-refractivity contribution >= 4 is 46.6 Å². The van der Waals surface area contributed by atoms with E-state index in [4.69, 9.17) is 16.0 Å². The zero-order valence-electron chi connectivity index (χ0n) is 12.9. The summed E-state index contributed by atoms with van der Waals surface area (Å²) >= 11 is 8.53. The second kappa shape index (κ2) is 9.46. The molecule has 128 valence electrons. The standard InChI is InChI=1S/C17H17ClIN3O.ClH/c18-16-10-13(19)2-4-15(16)17-5-3-14(23-17)11-20-6-1-8-22-9-7-21-12-22;/h2-5,7,9-10,12,20H,1,6,8,11H2;1H. The summed E-state index contributed by atoms with van der Waals surface area (Å²) in [7, 11) is 0. The maximum Gasteiger partial charge on any atom is 0.135 e. The van der Waals surface area contributed by atoms with Gasteiger partial charge in [-0.1, -0.05) is 11.6 Å². The van der Waals surface area contributed by atoms with Crippen LogP contribution < -0.4 is 5.32 Å². The van der Waals surface area contributed by atoms with Crippen LogP contribution in [0.25, 0.3) is 11.3 Å². The third kappa shape index (κ3) is 5.24. The second-order valence-electron chi connectivity index (χ2n) is 5.22. The van der Waals surface area contributed by atoms with Crippen LogP contribution in [-0.4, -0.2) is 16.1 Å². The minimum atomic E-state index is 0. The highest BCUT2D eigenvalue weighted by Crippen LogP contribution is 2.30. The first-order valence-electron chi connectivity index (χ1n) is 7.43. The molecule has 0 bridgehead atoms. The predicted molar refractivity (Wildman–Crippen MR) is 108 cm³/mol. The van der Waals surface area contributed by atoms with Gasteiger partial charge in [0.25, 0.3) is 0 Å². The van der Waals surface area contributed by atoms with Gasteiger partial charge in [-0.2, -0.15) is 0 Å². The highest BCUT2D eigenvalue weighted by molar-refractivity contribution is 14.1. The molecule has 0 aliphatic heterocycles. The summed E-state index contributed by atoms with van der Waals surface area (Å²) in [6, 6.07) is 9.92. The first-order chi connectivity index (χ1) is 11.2. The summed E-state index contributed by atoms with van der Waals surface area (Å²) in [6.07, 6.45) is 6.66. The summed E-state index contributed by atoms with van der Waals surface area (Å²) < 4.78 is 9.07. The van der Waals surface area contributed by atoms with E-state index in [0.717, 1.165) is 40.2 Å². The lowest BCUT2D eigenvalue weighted by molar-refractivity contribution is 0.484. The molecule has 4 nitrogen and oxygen atoms in total. The lowest BCUT2D eigenvalue weighted by atomic mass is 10.2. The molecule has 3 rings (SSSR count). The van der Waals surface area contributed by atoms with Crippen molar-refractivity contribution in [3.05, 3.63) is 63.4 Å². The fraction of sp³-hybridized carbons (Fsp3) is 0.235. The Morgan fingerprint density at radius 1 is 1.25 bits per heavy atom. The number of aryl methyl sites for hydroxylation is 1. The Hall–Kier alpha value is -1.02. The molecule has 0 spiro atoms. The SMILES string of the molecule is Cl.Clc1cc(I)ccc1-c1ccc(CNCCCn2ccnc2)o1. The molecule has 0 aliphatic rings. The molecule has 0 saturated carbocycles. The molecule has 24 heavy (non-hydrogen) atoms. The van der Waals surface area contributed by atoms with Gasteiger partial charge in [0, 0.05) is 28.1 Å². The fourth-order valence-corrected chi connectivity index (χ4v) is 3.27. The number of hydrogen-bond donors (Lipinski definition) is 1. The van der Waals surface area contributed by atoms with Gasteiger partial charge < -0.3 is 14.3 Å². The molecule has 0 atom stereocenters. The van der Waals surface area contributed by atoms with Crippen LogP contribution in [0.5, 0.6) is 0 Å². The number of nitrogens with one attached hydrogen (secondary N) is 1. The van der Waals surface area contributed by atoms with Crippen molar-refractivity contribution in [2.75, 3.05) is 6.54 Å². The number of hydrogen-bond acceptors (Lipinski definition) is 3. The van der Waals surface area contributed by atoms with Gasteiger partial charge in [0.05, 0.1) is 17.9 Å². The van der Waals surface area contributed by atoms with Crippen molar-refractivity contribution in [3.63, 3.8) is 0 Å². The maximum absolute atomic E-state index is 6.28. The summed E-state index contributed by atoms with van der Waals surface area (Å²) in [5.41, 5.74) is 0.929. The van der Waals surface area contributed by atoms with Crippen molar-refractivity contribution in [1.29, 1.82) is 0 Å². The molecular formula is C17H18Cl2IN3O. The van der Waals surface area contributed by atoms with E-state index < -0.39 is 0 Å². The third-order valence-corrected chi connectivity index (χ3v) is 4.47. The van der Waals surface area contributed by atoms with Crippen LogP contribution in [0.1, 0.15) is 12.2 Å². The van der Waals surface area contributed by atoms with Gasteiger partial charge in [-0.3, -0.25) is 0 Å². The average Bonchev–Trinajstić information content (AvgIpc) is 3.18. The van der Waals surface area contributed by atoms with Crippen LogP contribution in [-0.2, 0) is 13.1 Å². The molecule has 0 radical (unpaired) electrons. The average molecular weight is 478 g/mol. The zero-order valence-corrected chi connectivity index (χ0v) is 16.6. The van der Waals surface area contributed by atoms with E-state index in [2.05, 4.69) is 37.5 Å². The van der Waals surface area contributed by atoms with E-state index in [0.29, 0.717) is 11.6 Å². The Balaban J connectivity index is 0.00000208. The van der Waals surface area contributed by atoms with Crippen LogP contribution in [0, 0.1) is 3.57 Å². The number of aromatic nitrogens is 2. The molecular weight excluding hydrogens is 460 g/mol. The van der Waals surface area contributed by atoms with Crippen LogP contribution in [0.4, 0.5) is 0 Å². The predicted octanol–water partition coefficient (Wildman–Crippen LogP) is 5.00. The quantitative estimate of drug-likeness (QED) is 0.384. The van der Waals surface area contributed by atoms with Gasteiger partial charge in [-0.05, 0) is 65.9 Å². The van der Waals surface area contributed by atoms with E-state index in [1.807, 2.05) is 42.9 Å². The highest BCUT2D eigenvalue weighted by Gasteiger charge is 2.08. The van der Waals surface area contributed by atoms with Gasteiger partial charge >= 0.3 is 0 Å². The van der Waals surface area contributed by atoms with Gasteiger partial charge in [-0.25, -0.2) is 4.98 Å². The first-order valence-corrected chi connectivity index (χ1v) is 8.88. The normalized spacial score (nSPS) is 10.6. The van der Waals surface area contributed by atoms with E-state index in [9.17, 15) is 0 Å². The van der Waals surface area contributed by atoms with Crippen molar-refractivity contribution < 1.29 is 4.42 Å². The fourth-order valence-electron chi connectivity index (χ4n) is 2.32. The van der Waals surface area contributed by atoms with Gasteiger partial charge in [0.2, 0.25) is 0 Å². The van der Waals surface area contributed by atoms with Crippen molar-refractivity contribution in [2.24, 2.45) is 0 Å². The molecule has 0 saturated heterocycles. The summed E-state index contributed by atoms with van der Waals surface area (Å²) in [6.45, 7) is 2.61. The number of benzene rings is 1. The monoisotopic (exact) mass is 477 g/mol. The minimum absolute atomic E-state index is 0. The molecule has 1 aromatic carbocycles. The van der Waals surface area contributed by atoms with E-state index >= 15 is 0 Å². The maximum atomic E-state index is 6.28. The first kappa shape index (κ1) is 19.3. The Labute approximate surface area is 166 Å². The number of imidazole rings is 1. The molecule has 7 heteroatoms. The topological polar surface area (TPSA) is 43.0 Å². The second-order valence-corrected chi connectivity index (χ2v) is 6.87. The van der Waals surface area contributed by atoms with E-state index in [1.165, 1.54) is 0 Å². The summed E-state index contributed by atoms with van der Waals surface area (Å²) in [5.74, 6) is 1.72. The number of halogens is 3. The summed E-state index contributed by atoms with van der Waals surface area (Å²) in [5, 5.41) is 4.10. The minimum Gasteiger partial charge on any atom is -0.460 e. The van der Waals surface area contributed by atoms with Gasteiger partial charge in [-0.15, -0.1) is 12.4 Å². The molecule has 2 aromatic heterocycles. The van der Waals surface area contributed by atoms with Crippen LogP contribution in [0.15, 0.2) is 53.5 Å². The molecule has 1 N–H and O–H groups in total. The van der Waals surface area contributed by atoms with Crippen LogP contribution in [0.2, 0.25) is 5.02 Å². The number of nitrogens with zero attached hydrogens (tertiary/aromatic N) is 2. The Morgan fingerprint density at radius 2 is 2.12 bits per heavy atom. The van der Waals surface area contributed by atoms with Crippen LogP contribution in [0.3, 0.4) is 0 Å². The third-order valence-electron chi connectivity index (χ3n) is 3.49. The Morgan fingerprint density at radius 3 is 2.88 bits per heavy atom. The van der Waals surface area contributed by atoms with Crippen molar-refractivity contribution in [2.45, 2.75) is 19.5 Å². The van der Waals surface area contributed by atoms with E-state index in [-0.39, 0.29) is 12.4 Å². The van der Waals surface area contributed by atoms with Crippen molar-refractivity contribution in [3.8, 4) is 11.3 Å². The molecule has 2 heterocycles. The molecule has 3 aromatic rings. The highest BCUT2D eigenvalue weighted by atomic mass is 127. The molecule has 0 aliphatic carbocycles. The van der Waals surface area contributed by atoms with Gasteiger partial charge in [0.1, 0.15) is 11.5 Å². The Kier molecular flexibility index (Phi) is 7.61.